The molecule has 1 atom stereocenters. The van der Waals surface area contributed by atoms with Crippen LogP contribution in [0, 0.1) is 6.92 Å². The highest BCUT2D eigenvalue weighted by molar-refractivity contribution is 5.28. The van der Waals surface area contributed by atoms with Gasteiger partial charge in [-0.1, -0.05) is 24.3 Å². The van der Waals surface area contributed by atoms with E-state index in [4.69, 9.17) is 9.47 Å². The number of hydrogen-bond donors (Lipinski definition) is 1. The van der Waals surface area contributed by atoms with Crippen LogP contribution in [0.2, 0.25) is 0 Å². The lowest BCUT2D eigenvalue weighted by atomic mass is 10.0. The van der Waals surface area contributed by atoms with E-state index in [-0.39, 0.29) is 6.04 Å². The molecule has 1 N–H and O–H groups in total. The molecule has 1 aromatic rings. The van der Waals surface area contributed by atoms with Gasteiger partial charge in [-0.05, 0) is 31.5 Å². The number of aryl methyl sites for hydroxylation is 1. The topological polar surface area (TPSA) is 30.5 Å². The van der Waals surface area contributed by atoms with Crippen LogP contribution in [0.3, 0.4) is 0 Å². The van der Waals surface area contributed by atoms with Gasteiger partial charge in [-0.3, -0.25) is 0 Å². The monoisotopic (exact) mass is 237 g/mol. The van der Waals surface area contributed by atoms with Crippen molar-refractivity contribution in [2.24, 2.45) is 0 Å². The summed E-state index contributed by atoms with van der Waals surface area (Å²) >= 11 is 0. The lowest BCUT2D eigenvalue weighted by molar-refractivity contribution is 0.0888. The molecule has 0 spiro atoms. The number of ether oxygens (including phenoxy) is 2. The second-order valence-electron chi connectivity index (χ2n) is 4.12. The van der Waals surface area contributed by atoms with E-state index in [1.165, 1.54) is 11.1 Å². The van der Waals surface area contributed by atoms with E-state index in [0.29, 0.717) is 6.61 Å². The van der Waals surface area contributed by atoms with Crippen molar-refractivity contribution >= 4 is 0 Å². The van der Waals surface area contributed by atoms with Crippen molar-refractivity contribution in [2.45, 2.75) is 19.4 Å². The smallest absolute Gasteiger partial charge is 0.0661 e. The first-order chi connectivity index (χ1) is 8.29. The van der Waals surface area contributed by atoms with E-state index >= 15 is 0 Å². The molecule has 0 saturated heterocycles. The minimum absolute atomic E-state index is 0.263. The summed E-state index contributed by atoms with van der Waals surface area (Å²) in [5.74, 6) is 0. The predicted octanol–water partition coefficient (Wildman–Crippen LogP) is 2.31. The molecule has 96 valence electrons. The first-order valence-electron chi connectivity index (χ1n) is 6.09. The van der Waals surface area contributed by atoms with Gasteiger partial charge in [0.2, 0.25) is 0 Å². The number of likely N-dealkylation sites (N-methyl/N-ethyl adjacent to an activating group) is 1. The Hall–Kier alpha value is -0.900. The Balaban J connectivity index is 2.41. The fourth-order valence-corrected chi connectivity index (χ4v) is 1.81. The standard InChI is InChI=1S/C14H23NO2/c1-12-7-4-5-8-13(12)14(15-2)11-17-10-6-9-16-3/h4-5,7-8,14-15H,6,9-11H2,1-3H3. The van der Waals surface area contributed by atoms with Gasteiger partial charge in [-0.2, -0.15) is 0 Å². The molecule has 0 heterocycles. The average molecular weight is 237 g/mol. The maximum absolute atomic E-state index is 5.66. The van der Waals surface area contributed by atoms with Gasteiger partial charge in [-0.15, -0.1) is 0 Å². The Kier molecular flexibility index (Phi) is 6.86. The highest BCUT2D eigenvalue weighted by Gasteiger charge is 2.10. The Morgan fingerprint density at radius 3 is 2.65 bits per heavy atom. The minimum Gasteiger partial charge on any atom is -0.385 e. The van der Waals surface area contributed by atoms with Crippen molar-refractivity contribution in [3.63, 3.8) is 0 Å². The van der Waals surface area contributed by atoms with Gasteiger partial charge in [0.1, 0.15) is 0 Å². The Morgan fingerprint density at radius 1 is 1.24 bits per heavy atom. The summed E-state index contributed by atoms with van der Waals surface area (Å²) in [4.78, 5) is 0. The Morgan fingerprint density at radius 2 is 2.00 bits per heavy atom. The third kappa shape index (κ3) is 4.86. The van der Waals surface area contributed by atoms with E-state index in [9.17, 15) is 0 Å². The molecule has 1 unspecified atom stereocenters. The zero-order chi connectivity index (χ0) is 12.5. The molecule has 1 aromatic carbocycles. The highest BCUT2D eigenvalue weighted by atomic mass is 16.5. The maximum Gasteiger partial charge on any atom is 0.0661 e. The largest absolute Gasteiger partial charge is 0.385 e. The molecule has 0 aliphatic heterocycles. The van der Waals surface area contributed by atoms with Gasteiger partial charge in [0.25, 0.3) is 0 Å². The molecule has 0 aliphatic carbocycles. The molecular weight excluding hydrogens is 214 g/mol. The van der Waals surface area contributed by atoms with Crippen molar-refractivity contribution in [1.82, 2.24) is 5.32 Å². The lowest BCUT2D eigenvalue weighted by Crippen LogP contribution is -2.23. The summed E-state index contributed by atoms with van der Waals surface area (Å²) in [6, 6.07) is 8.67. The Labute approximate surface area is 104 Å². The van der Waals surface area contributed by atoms with Crippen LogP contribution in [0.1, 0.15) is 23.6 Å². The number of benzene rings is 1. The van der Waals surface area contributed by atoms with Crippen LogP contribution >= 0.6 is 0 Å². The second-order valence-corrected chi connectivity index (χ2v) is 4.12. The fourth-order valence-electron chi connectivity index (χ4n) is 1.81. The Bertz CT molecular complexity index is 315. The van der Waals surface area contributed by atoms with Crippen molar-refractivity contribution in [3.05, 3.63) is 35.4 Å². The van der Waals surface area contributed by atoms with Crippen LogP contribution in [0.4, 0.5) is 0 Å². The second kappa shape index (κ2) is 8.23. The quantitative estimate of drug-likeness (QED) is 0.704. The van der Waals surface area contributed by atoms with E-state index in [1.807, 2.05) is 7.05 Å². The summed E-state index contributed by atoms with van der Waals surface area (Å²) in [6.45, 7) is 4.34. The summed E-state index contributed by atoms with van der Waals surface area (Å²) in [7, 11) is 3.68. The predicted molar refractivity (Wildman–Crippen MR) is 70.3 cm³/mol. The molecule has 0 aromatic heterocycles. The zero-order valence-electron chi connectivity index (χ0n) is 11.0. The number of nitrogens with one attached hydrogen (secondary N) is 1. The molecule has 0 bridgehead atoms. The molecule has 3 nitrogen and oxygen atoms in total. The van der Waals surface area contributed by atoms with Crippen molar-refractivity contribution in [1.29, 1.82) is 0 Å². The molecule has 0 aliphatic rings. The van der Waals surface area contributed by atoms with Crippen LogP contribution in [-0.2, 0) is 9.47 Å². The molecule has 0 amide bonds. The van der Waals surface area contributed by atoms with Crippen molar-refractivity contribution in [2.75, 3.05) is 34.0 Å². The van der Waals surface area contributed by atoms with Crippen LogP contribution in [-0.4, -0.2) is 34.0 Å². The van der Waals surface area contributed by atoms with Gasteiger partial charge in [0.05, 0.1) is 12.6 Å². The molecule has 0 fully saturated rings. The molecular formula is C14H23NO2. The van der Waals surface area contributed by atoms with Crippen LogP contribution in [0.15, 0.2) is 24.3 Å². The van der Waals surface area contributed by atoms with Gasteiger partial charge in [0, 0.05) is 20.3 Å². The van der Waals surface area contributed by atoms with Crippen molar-refractivity contribution < 1.29 is 9.47 Å². The van der Waals surface area contributed by atoms with E-state index in [1.54, 1.807) is 7.11 Å². The molecule has 17 heavy (non-hydrogen) atoms. The molecule has 1 rings (SSSR count). The number of hydrogen-bond acceptors (Lipinski definition) is 3. The summed E-state index contributed by atoms with van der Waals surface area (Å²) in [6.07, 6.45) is 0.945. The third-order valence-electron chi connectivity index (χ3n) is 2.83. The first kappa shape index (κ1) is 14.2. The van der Waals surface area contributed by atoms with Gasteiger partial charge in [0.15, 0.2) is 0 Å². The molecule has 3 heteroatoms. The summed E-state index contributed by atoms with van der Waals surface area (Å²) < 4.78 is 10.6. The van der Waals surface area contributed by atoms with Gasteiger partial charge >= 0.3 is 0 Å². The zero-order valence-corrected chi connectivity index (χ0v) is 11.0. The molecule has 0 radical (unpaired) electrons. The minimum atomic E-state index is 0.263. The third-order valence-corrected chi connectivity index (χ3v) is 2.83. The van der Waals surface area contributed by atoms with Crippen LogP contribution in [0.5, 0.6) is 0 Å². The SMILES string of the molecule is CNC(COCCCOC)c1ccccc1C. The first-order valence-corrected chi connectivity index (χ1v) is 6.09. The fraction of sp³-hybridized carbons (Fsp3) is 0.571. The normalized spacial score (nSPS) is 12.6. The number of rotatable bonds is 8. The van der Waals surface area contributed by atoms with Crippen LogP contribution in [0.25, 0.3) is 0 Å². The van der Waals surface area contributed by atoms with Crippen LogP contribution < -0.4 is 5.32 Å². The number of methoxy groups -OCH3 is 1. The lowest BCUT2D eigenvalue weighted by Gasteiger charge is -2.18. The van der Waals surface area contributed by atoms with E-state index < -0.39 is 0 Å². The summed E-state index contributed by atoms with van der Waals surface area (Å²) in [5.41, 5.74) is 2.61. The van der Waals surface area contributed by atoms with Gasteiger partial charge in [-0.25, -0.2) is 0 Å². The highest BCUT2D eigenvalue weighted by Crippen LogP contribution is 2.17. The maximum atomic E-state index is 5.66. The summed E-state index contributed by atoms with van der Waals surface area (Å²) in [5, 5.41) is 3.29. The average Bonchev–Trinajstić information content (AvgIpc) is 2.35. The van der Waals surface area contributed by atoms with Gasteiger partial charge < -0.3 is 14.8 Å². The molecule has 0 saturated carbocycles. The van der Waals surface area contributed by atoms with E-state index in [2.05, 4.69) is 36.5 Å². The van der Waals surface area contributed by atoms with E-state index in [0.717, 1.165) is 19.6 Å². The van der Waals surface area contributed by atoms with Crippen molar-refractivity contribution in [3.8, 4) is 0 Å².